The Hall–Kier alpha value is -8.84. The zero-order chi connectivity index (χ0) is 57.6. The van der Waals surface area contributed by atoms with Crippen LogP contribution < -0.4 is 0 Å². The minimum Gasteiger partial charge on any atom is -0.0616 e. The summed E-state index contributed by atoms with van der Waals surface area (Å²) in [6.45, 7) is 27.9. The topological polar surface area (TPSA) is 0 Å². The van der Waals surface area contributed by atoms with E-state index in [2.05, 4.69) is 339 Å². The second-order valence-electron chi connectivity index (χ2n) is 22.0. The smallest absolute Gasteiger partial charge is 0.00990 e. The van der Waals surface area contributed by atoms with Crippen LogP contribution in [-0.2, 0) is 0 Å². The predicted octanol–water partition coefficient (Wildman–Crippen LogP) is 23.2. The monoisotopic (exact) mass is 1050 g/mol. The molecular weight excluding hydrogens is 973 g/mol. The van der Waals surface area contributed by atoms with E-state index >= 15 is 0 Å². The molecule has 0 aliphatic rings. The second-order valence-corrected chi connectivity index (χ2v) is 22.0. The van der Waals surface area contributed by atoms with Crippen molar-refractivity contribution in [3.8, 4) is 22.3 Å². The van der Waals surface area contributed by atoms with Crippen molar-refractivity contribution in [3.63, 3.8) is 0 Å². The van der Waals surface area contributed by atoms with E-state index in [4.69, 9.17) is 0 Å². The van der Waals surface area contributed by atoms with Gasteiger partial charge in [0, 0.05) is 0 Å². The summed E-state index contributed by atoms with van der Waals surface area (Å²) in [7, 11) is 0. The van der Waals surface area contributed by atoms with Crippen molar-refractivity contribution in [2.24, 2.45) is 0 Å². The average molecular weight is 1050 g/mol. The van der Waals surface area contributed by atoms with Crippen molar-refractivity contribution in [2.45, 2.75) is 90.0 Å². The fourth-order valence-corrected chi connectivity index (χ4v) is 10.6. The van der Waals surface area contributed by atoms with Gasteiger partial charge in [-0.05, 0) is 211 Å². The number of fused-ring (bicyclic) bond motifs is 5. The average Bonchev–Trinajstić information content (AvgIpc) is 3.59. The van der Waals surface area contributed by atoms with Gasteiger partial charge in [-0.1, -0.05) is 277 Å². The number of rotatable bonds is 2. The summed E-state index contributed by atoms with van der Waals surface area (Å²) in [5, 5.41) is 13.6. The molecule has 0 unspecified atom stereocenters. The Morgan fingerprint density at radius 3 is 0.667 bits per heavy atom. The maximum atomic E-state index is 2.26. The Kier molecular flexibility index (Phi) is 19.7. The van der Waals surface area contributed by atoms with Crippen molar-refractivity contribution in [3.05, 3.63) is 321 Å². The number of benzene rings is 13. The van der Waals surface area contributed by atoms with Crippen molar-refractivity contribution in [2.75, 3.05) is 0 Å². The Morgan fingerprint density at radius 1 is 0.160 bits per heavy atom. The molecule has 0 amide bonds. The third-order valence-corrected chi connectivity index (χ3v) is 15.7. The standard InChI is InChI=1S/C22H18.C16H14.C14H14.C12H12.C9H12.C8H10/c1-15-11-13-21(19-9-5-3-7-17(15)19)22-14-12-16(2)18-8-4-6-10-20(18)22;1-11-13-7-3-5-9-15(13)12(2)16-10-6-4-8-14(11)16;1-11-3-7-13(8-4-11)14-9-5-12(2)6-10-14;1-9-7-8-10(2)12-6-4-3-5-11(9)12;1-7-4-5-8(2)9(3)6-7;1-7-3-5-8(2)6-4-7/h3-14H,1-2H3;3-10H,1-2H3;3-10H,1-2H3;3-8H,1-2H3;4-6H,1-3H3;3-6H,1-2H3. The fraction of sp³-hybridized carbons (Fsp3) is 0.160. The van der Waals surface area contributed by atoms with Gasteiger partial charge in [-0.3, -0.25) is 0 Å². The molecule has 0 fully saturated rings. The molecule has 81 heavy (non-hydrogen) atoms. The van der Waals surface area contributed by atoms with Gasteiger partial charge in [-0.25, -0.2) is 0 Å². The van der Waals surface area contributed by atoms with Gasteiger partial charge < -0.3 is 0 Å². The summed E-state index contributed by atoms with van der Waals surface area (Å²) in [5.74, 6) is 0. The molecule has 13 rings (SSSR count). The summed E-state index contributed by atoms with van der Waals surface area (Å²) in [5.41, 5.74) is 22.7. The van der Waals surface area contributed by atoms with Crippen LogP contribution in [0.3, 0.4) is 0 Å². The highest BCUT2D eigenvalue weighted by Crippen LogP contribution is 2.36. The molecule has 0 aromatic heterocycles. The summed E-state index contributed by atoms with van der Waals surface area (Å²) >= 11 is 0. The van der Waals surface area contributed by atoms with Gasteiger partial charge in [0.1, 0.15) is 0 Å². The summed E-state index contributed by atoms with van der Waals surface area (Å²) in [4.78, 5) is 0. The third-order valence-electron chi connectivity index (χ3n) is 15.7. The van der Waals surface area contributed by atoms with Crippen LogP contribution in [0.15, 0.2) is 249 Å². The van der Waals surface area contributed by atoms with Gasteiger partial charge in [-0.2, -0.15) is 0 Å². The first-order valence-electron chi connectivity index (χ1n) is 28.6. The van der Waals surface area contributed by atoms with Crippen LogP contribution in [0.1, 0.15) is 72.3 Å². The van der Waals surface area contributed by atoms with Crippen molar-refractivity contribution in [1.29, 1.82) is 0 Å². The second kappa shape index (κ2) is 27.4. The van der Waals surface area contributed by atoms with Gasteiger partial charge in [0.15, 0.2) is 0 Å². The summed E-state index contributed by atoms with van der Waals surface area (Å²) in [6, 6.07) is 88.8. The summed E-state index contributed by atoms with van der Waals surface area (Å²) < 4.78 is 0. The quantitative estimate of drug-likeness (QED) is 0.151. The normalized spacial score (nSPS) is 10.5. The Bertz CT molecular complexity index is 3900. The van der Waals surface area contributed by atoms with E-state index in [0.29, 0.717) is 0 Å². The van der Waals surface area contributed by atoms with Crippen LogP contribution in [0.4, 0.5) is 0 Å². The van der Waals surface area contributed by atoms with Crippen LogP contribution in [-0.4, -0.2) is 0 Å². The number of hydrogen-bond donors (Lipinski definition) is 0. The highest BCUT2D eigenvalue weighted by atomic mass is 14.1. The molecule has 0 aliphatic carbocycles. The highest BCUT2D eigenvalue weighted by molar-refractivity contribution is 6.07. The van der Waals surface area contributed by atoms with Crippen molar-refractivity contribution < 1.29 is 0 Å². The first-order chi connectivity index (χ1) is 39.1. The molecule has 0 bridgehead atoms. The van der Waals surface area contributed by atoms with Crippen LogP contribution in [0.2, 0.25) is 0 Å². The van der Waals surface area contributed by atoms with Crippen LogP contribution in [0, 0.1) is 90.0 Å². The van der Waals surface area contributed by atoms with Crippen LogP contribution >= 0.6 is 0 Å². The molecule has 404 valence electrons. The van der Waals surface area contributed by atoms with E-state index in [0.717, 1.165) is 0 Å². The lowest BCUT2D eigenvalue weighted by atomic mass is 9.91. The fourth-order valence-electron chi connectivity index (χ4n) is 10.6. The van der Waals surface area contributed by atoms with Crippen LogP contribution in [0.5, 0.6) is 0 Å². The van der Waals surface area contributed by atoms with E-state index in [1.807, 2.05) is 0 Å². The molecule has 13 aromatic rings. The molecule has 0 N–H and O–H groups in total. The van der Waals surface area contributed by atoms with Gasteiger partial charge in [0.25, 0.3) is 0 Å². The van der Waals surface area contributed by atoms with Crippen molar-refractivity contribution >= 4 is 53.9 Å². The molecule has 0 aliphatic heterocycles. The third kappa shape index (κ3) is 14.7. The van der Waals surface area contributed by atoms with E-state index in [9.17, 15) is 0 Å². The van der Waals surface area contributed by atoms with E-state index in [1.165, 1.54) is 148 Å². The summed E-state index contributed by atoms with van der Waals surface area (Å²) in [6.07, 6.45) is 0. The van der Waals surface area contributed by atoms with Crippen molar-refractivity contribution in [1.82, 2.24) is 0 Å². The van der Waals surface area contributed by atoms with E-state index in [1.54, 1.807) is 0 Å². The zero-order valence-electron chi connectivity index (χ0n) is 50.2. The lowest BCUT2D eigenvalue weighted by Crippen LogP contribution is -1.87. The number of aryl methyl sites for hydroxylation is 13. The largest absolute Gasteiger partial charge is 0.0616 e. The Balaban J connectivity index is 0.000000132. The molecule has 0 saturated carbocycles. The lowest BCUT2D eigenvalue weighted by Gasteiger charge is -2.13. The van der Waals surface area contributed by atoms with Gasteiger partial charge in [0.05, 0.1) is 0 Å². The predicted molar refractivity (Wildman–Crippen MR) is 359 cm³/mol. The number of hydrogen-bond acceptors (Lipinski definition) is 0. The maximum absolute atomic E-state index is 2.26. The SMILES string of the molecule is Cc1c2ccccc2c(C)c2ccccc12.Cc1ccc(-c2ccc(C)c3ccccc23)c2ccccc12.Cc1ccc(-c2ccc(C)cc2)cc1.Cc1ccc(C)c(C)c1.Cc1ccc(C)c2ccccc12.Cc1ccc(C)cc1. The molecule has 0 nitrogen and oxygen atoms in total. The minimum atomic E-state index is 1.29. The Labute approximate surface area is 484 Å². The molecular formula is C81H80. The Morgan fingerprint density at radius 2 is 0.383 bits per heavy atom. The van der Waals surface area contributed by atoms with Crippen LogP contribution in [0.25, 0.3) is 76.1 Å². The van der Waals surface area contributed by atoms with Gasteiger partial charge >= 0.3 is 0 Å². The molecule has 13 aromatic carbocycles. The molecule has 0 spiro atoms. The maximum Gasteiger partial charge on any atom is -0.00990 e. The highest BCUT2D eigenvalue weighted by Gasteiger charge is 2.11. The zero-order valence-corrected chi connectivity index (χ0v) is 50.2. The van der Waals surface area contributed by atoms with E-state index < -0.39 is 0 Å². The van der Waals surface area contributed by atoms with E-state index in [-0.39, 0.29) is 0 Å². The van der Waals surface area contributed by atoms with Gasteiger partial charge in [0.2, 0.25) is 0 Å². The van der Waals surface area contributed by atoms with Gasteiger partial charge in [-0.15, -0.1) is 0 Å². The molecule has 0 heteroatoms. The minimum absolute atomic E-state index is 1.29. The molecule has 0 radical (unpaired) electrons. The lowest BCUT2D eigenvalue weighted by molar-refractivity contribution is 1.30. The molecule has 0 saturated heterocycles. The molecule has 0 atom stereocenters. The first-order valence-corrected chi connectivity index (χ1v) is 28.6. The first kappa shape index (κ1) is 58.3. The molecule has 0 heterocycles.